The molecule has 1 aromatic carbocycles. The van der Waals surface area contributed by atoms with Gasteiger partial charge in [0.15, 0.2) is 5.76 Å². The molecule has 2 amide bonds. The minimum absolute atomic E-state index is 0.0437. The molecule has 0 saturated carbocycles. The third-order valence-corrected chi connectivity index (χ3v) is 15.5. The van der Waals surface area contributed by atoms with Gasteiger partial charge < -0.3 is 39.7 Å². The van der Waals surface area contributed by atoms with E-state index >= 15 is 0 Å². The lowest BCUT2D eigenvalue weighted by atomic mass is 9.72. The summed E-state index contributed by atoms with van der Waals surface area (Å²) in [6, 6.07) is 12.9. The maximum atomic E-state index is 14.2. The fourth-order valence-corrected chi connectivity index (χ4v) is 11.9. The van der Waals surface area contributed by atoms with Crippen molar-refractivity contribution in [2.75, 3.05) is 50.0 Å². The molecule has 20 heteroatoms. The first-order valence-electron chi connectivity index (χ1n) is 23.1. The minimum atomic E-state index is -0.831. The lowest BCUT2D eigenvalue weighted by molar-refractivity contribution is -0.141. The molecule has 9 rings (SSSR count). The molecule has 356 valence electrons. The Kier molecular flexibility index (Phi) is 13.6. The van der Waals surface area contributed by atoms with Crippen molar-refractivity contribution in [3.63, 3.8) is 0 Å². The number of thiazole rings is 1. The maximum Gasteiger partial charge on any atom is 0.254 e. The minimum Gasteiger partial charge on any atom is -0.474 e. The zero-order valence-corrected chi connectivity index (χ0v) is 40.5. The molecule has 4 N–H and O–H groups in total. The van der Waals surface area contributed by atoms with Crippen LogP contribution in [0.1, 0.15) is 98.2 Å². The van der Waals surface area contributed by atoms with Crippen LogP contribution in [0.4, 0.5) is 10.9 Å². The second kappa shape index (κ2) is 19.8. The van der Waals surface area contributed by atoms with E-state index < -0.39 is 23.5 Å². The number of nitriles is 1. The quantitative estimate of drug-likeness (QED) is 0.112. The van der Waals surface area contributed by atoms with E-state index in [2.05, 4.69) is 48.4 Å². The summed E-state index contributed by atoms with van der Waals surface area (Å²) in [7, 11) is 0. The number of β-amino-alcohol motifs (C(OH)–C–C–N with tert-alkyl or cyclic N) is 1. The molecule has 3 aliphatic rings. The van der Waals surface area contributed by atoms with Crippen LogP contribution in [0.3, 0.4) is 0 Å². The number of aromatic nitrogens is 6. The number of nitrogens with two attached hydrogens (primary N) is 1. The number of fused-ring (bicyclic) bond motifs is 1. The second-order valence-corrected chi connectivity index (χ2v) is 20.5. The Bertz CT molecular complexity index is 2800. The molecule has 7 heterocycles. The predicted octanol–water partition coefficient (Wildman–Crippen LogP) is 6.10. The largest absolute Gasteiger partial charge is 0.474 e. The standard InChI is InChI=1S/C48H56N12O6S2/c1-27(2)39(45(63)60-25-32(61)20-35(60)44(62)52-23-30-9-11-31(12-10-30)41-29(4)53-26-67-41)36-21-38(56-65-36)64-19-18-58-16-7-17-59(28(3)24-58)47-51-15-13-34(54-47)43-55-46(66-57-43)48(5)14-6-8-37-40(48)33(22-49)42(50)68-37/h9-13,15,21,26-28,32,35,39,61H,6-8,14,16-20,23-25,50H2,1-5H3,(H,52,62)/t28-,32+,35-,39?,48-/m0/s1. The van der Waals surface area contributed by atoms with Gasteiger partial charge in [0.2, 0.25) is 29.5 Å². The van der Waals surface area contributed by atoms with Gasteiger partial charge in [-0.15, -0.1) is 22.7 Å². The van der Waals surface area contributed by atoms with Crippen molar-refractivity contribution in [1.29, 1.82) is 5.26 Å². The highest BCUT2D eigenvalue weighted by molar-refractivity contribution is 7.16. The molecule has 1 aliphatic carbocycles. The zero-order chi connectivity index (χ0) is 47.7. The molecule has 18 nitrogen and oxygen atoms in total. The second-order valence-electron chi connectivity index (χ2n) is 18.5. The highest BCUT2D eigenvalue weighted by Crippen LogP contribution is 2.48. The SMILES string of the molecule is Cc1ncsc1-c1ccc(CNC(=O)[C@@H]2C[C@@H](O)CN2C(=O)C(c2cc(OCCN3CCCN(c4nccc(-c5noc([C@@]6(C)CCCc7sc(N)c(C#N)c76)n5)n4)[C@@H](C)C3)no2)C(C)C)cc1. The number of likely N-dealkylation sites (tertiary alicyclic amines) is 1. The summed E-state index contributed by atoms with van der Waals surface area (Å²) in [5.74, 6) is 0.420. The van der Waals surface area contributed by atoms with Crippen molar-refractivity contribution in [1.82, 2.24) is 45.4 Å². The van der Waals surface area contributed by atoms with Crippen molar-refractivity contribution < 1.29 is 28.5 Å². The average Bonchev–Trinajstić information content (AvgIpc) is 4.18. The summed E-state index contributed by atoms with van der Waals surface area (Å²) in [4.78, 5) is 54.7. The van der Waals surface area contributed by atoms with E-state index in [9.17, 15) is 20.0 Å². The molecule has 2 aliphatic heterocycles. The van der Waals surface area contributed by atoms with Gasteiger partial charge in [-0.05, 0) is 74.7 Å². The Hall–Kier alpha value is -6.27. The number of nitrogen functional groups attached to an aromatic ring is 1. The molecule has 68 heavy (non-hydrogen) atoms. The number of carbonyl (C=O) groups is 2. The number of hydrogen-bond acceptors (Lipinski definition) is 18. The number of aliphatic hydroxyl groups is 1. The van der Waals surface area contributed by atoms with Crippen molar-refractivity contribution in [3.05, 3.63) is 87.0 Å². The van der Waals surface area contributed by atoms with Crippen LogP contribution in [0, 0.1) is 24.2 Å². The molecule has 5 atom stereocenters. The van der Waals surface area contributed by atoms with Gasteiger partial charge in [-0.2, -0.15) is 10.2 Å². The third kappa shape index (κ3) is 9.44. The number of hydrogen-bond donors (Lipinski definition) is 3. The van der Waals surface area contributed by atoms with Gasteiger partial charge in [0.05, 0.1) is 33.2 Å². The van der Waals surface area contributed by atoms with E-state index in [1.807, 2.05) is 57.5 Å². The first-order valence-corrected chi connectivity index (χ1v) is 24.8. The van der Waals surface area contributed by atoms with Crippen LogP contribution < -0.4 is 20.7 Å². The Balaban J connectivity index is 0.784. The summed E-state index contributed by atoms with van der Waals surface area (Å²) < 4.78 is 17.7. The van der Waals surface area contributed by atoms with E-state index in [1.165, 1.54) is 16.2 Å². The van der Waals surface area contributed by atoms with Crippen molar-refractivity contribution in [3.8, 4) is 33.9 Å². The van der Waals surface area contributed by atoms with Crippen LogP contribution in [0.2, 0.25) is 0 Å². The Morgan fingerprint density at radius 2 is 1.93 bits per heavy atom. The van der Waals surface area contributed by atoms with Crippen LogP contribution in [0.25, 0.3) is 22.0 Å². The van der Waals surface area contributed by atoms with Gasteiger partial charge in [0.25, 0.3) is 5.88 Å². The summed E-state index contributed by atoms with van der Waals surface area (Å²) >= 11 is 3.05. The normalized spacial score (nSPS) is 21.4. The summed E-state index contributed by atoms with van der Waals surface area (Å²) in [5, 5.41) is 32.6. The first-order chi connectivity index (χ1) is 32.8. The number of thiophene rings is 1. The summed E-state index contributed by atoms with van der Waals surface area (Å²) in [6.45, 7) is 13.6. The lowest BCUT2D eigenvalue weighted by Gasteiger charge is -2.30. The van der Waals surface area contributed by atoms with Gasteiger partial charge >= 0.3 is 0 Å². The van der Waals surface area contributed by atoms with E-state index in [1.54, 1.807) is 29.7 Å². The highest BCUT2D eigenvalue weighted by atomic mass is 32.1. The molecule has 2 saturated heterocycles. The van der Waals surface area contributed by atoms with Crippen molar-refractivity contribution >= 4 is 45.4 Å². The number of ether oxygens (including phenoxy) is 1. The number of amides is 2. The van der Waals surface area contributed by atoms with Crippen LogP contribution in [-0.4, -0.2) is 114 Å². The number of rotatable bonds is 14. The number of nitrogens with zero attached hydrogens (tertiary/aromatic N) is 10. The Morgan fingerprint density at radius 3 is 2.69 bits per heavy atom. The molecule has 5 aromatic heterocycles. The molecule has 1 unspecified atom stereocenters. The monoisotopic (exact) mass is 960 g/mol. The smallest absolute Gasteiger partial charge is 0.254 e. The van der Waals surface area contributed by atoms with Gasteiger partial charge in [-0.1, -0.05) is 43.3 Å². The molecule has 0 spiro atoms. The molecule has 0 bridgehead atoms. The number of carbonyl (C=O) groups excluding carboxylic acids is 2. The van der Waals surface area contributed by atoms with Crippen LogP contribution in [0.5, 0.6) is 5.88 Å². The summed E-state index contributed by atoms with van der Waals surface area (Å²) in [6.07, 6.45) is 4.44. The molecule has 0 radical (unpaired) electrons. The number of aryl methyl sites for hydroxylation is 2. The maximum absolute atomic E-state index is 14.2. The van der Waals surface area contributed by atoms with Crippen molar-refractivity contribution in [2.24, 2.45) is 5.92 Å². The van der Waals surface area contributed by atoms with E-state index in [4.69, 9.17) is 29.5 Å². The number of anilines is 2. The van der Waals surface area contributed by atoms with Crippen LogP contribution in [0.15, 0.2) is 57.2 Å². The predicted molar refractivity (Wildman–Crippen MR) is 256 cm³/mol. The number of benzene rings is 1. The Morgan fingerprint density at radius 1 is 1.10 bits per heavy atom. The van der Waals surface area contributed by atoms with Crippen LogP contribution >= 0.6 is 22.7 Å². The van der Waals surface area contributed by atoms with Crippen molar-refractivity contribution in [2.45, 2.75) is 103 Å². The summed E-state index contributed by atoms with van der Waals surface area (Å²) in [5.41, 5.74) is 12.3. The first kappa shape index (κ1) is 46.8. The van der Waals surface area contributed by atoms with Gasteiger partial charge in [-0.25, -0.2) is 15.0 Å². The Labute approximate surface area is 402 Å². The highest BCUT2D eigenvalue weighted by Gasteiger charge is 2.45. The van der Waals surface area contributed by atoms with Gasteiger partial charge in [0.1, 0.15) is 35.3 Å². The fraction of sp³-hybridized carbons (Fsp3) is 0.479. The van der Waals surface area contributed by atoms with E-state index in [0.717, 1.165) is 77.5 Å². The van der Waals surface area contributed by atoms with E-state index in [0.29, 0.717) is 52.8 Å². The van der Waals surface area contributed by atoms with E-state index in [-0.39, 0.29) is 49.2 Å². The fourth-order valence-electron chi connectivity index (χ4n) is 9.87. The zero-order valence-electron chi connectivity index (χ0n) is 38.8. The number of nitrogens with one attached hydrogen (secondary N) is 1. The molecule has 2 fully saturated rings. The topological polar surface area (TPSA) is 239 Å². The molecular formula is C48H56N12O6S2. The van der Waals surface area contributed by atoms with Crippen LogP contribution in [-0.2, 0) is 28.0 Å². The number of aliphatic hydroxyl groups excluding tert-OH is 1. The van der Waals surface area contributed by atoms with Gasteiger partial charge in [-0.3, -0.25) is 14.5 Å². The van der Waals surface area contributed by atoms with Gasteiger partial charge in [0, 0.05) is 74.4 Å². The molecular weight excluding hydrogens is 905 g/mol. The average molecular weight is 961 g/mol. The molecule has 6 aromatic rings. The third-order valence-electron chi connectivity index (χ3n) is 13.4. The lowest BCUT2D eigenvalue weighted by Crippen LogP contribution is -2.48.